The van der Waals surface area contributed by atoms with Crippen LogP contribution in [0.3, 0.4) is 0 Å². The lowest BCUT2D eigenvalue weighted by Gasteiger charge is -2.35. The number of ether oxygens (including phenoxy) is 3. The Bertz CT molecular complexity index is 908. The number of nitrogens with one attached hydrogen (secondary N) is 1. The molecule has 1 aromatic carbocycles. The third kappa shape index (κ3) is 6.22. The minimum atomic E-state index is -4.64. The zero-order valence-corrected chi connectivity index (χ0v) is 17.8. The number of benzene rings is 1. The van der Waals surface area contributed by atoms with Gasteiger partial charge in [-0.05, 0) is 43.2 Å². The van der Waals surface area contributed by atoms with Crippen molar-refractivity contribution in [3.8, 4) is 5.69 Å². The summed E-state index contributed by atoms with van der Waals surface area (Å²) in [6.07, 6.45) is -2.55. The Balaban J connectivity index is 1.16. The first-order valence-electron chi connectivity index (χ1n) is 10.3. The number of rotatable bonds is 7. The van der Waals surface area contributed by atoms with Crippen molar-refractivity contribution < 1.29 is 32.2 Å². The van der Waals surface area contributed by atoms with Crippen LogP contribution in [0.25, 0.3) is 5.69 Å². The van der Waals surface area contributed by atoms with Crippen LogP contribution < -0.4 is 5.32 Å². The van der Waals surface area contributed by atoms with Gasteiger partial charge in [0.25, 0.3) is 0 Å². The van der Waals surface area contributed by atoms with Crippen molar-refractivity contribution in [2.24, 2.45) is 0 Å². The second-order valence-corrected chi connectivity index (χ2v) is 8.35. The van der Waals surface area contributed by atoms with E-state index in [1.165, 1.54) is 0 Å². The Labute approximate surface area is 187 Å². The molecule has 0 radical (unpaired) electrons. The molecule has 2 atom stereocenters. The molecule has 2 aliphatic rings. The van der Waals surface area contributed by atoms with E-state index in [-0.39, 0.29) is 37.5 Å². The highest BCUT2D eigenvalue weighted by Gasteiger charge is 2.40. The van der Waals surface area contributed by atoms with Crippen LogP contribution in [-0.2, 0) is 19.0 Å². The fourth-order valence-electron chi connectivity index (χ4n) is 3.75. The molecule has 32 heavy (non-hydrogen) atoms. The van der Waals surface area contributed by atoms with E-state index in [0.717, 1.165) is 17.8 Å². The zero-order valence-electron chi connectivity index (χ0n) is 17.1. The molecule has 0 bridgehead atoms. The van der Waals surface area contributed by atoms with Crippen LogP contribution in [0.1, 0.15) is 37.5 Å². The molecule has 2 fully saturated rings. The Hall–Kier alpha value is -2.14. The fourth-order valence-corrected chi connectivity index (χ4v) is 3.87. The van der Waals surface area contributed by atoms with Crippen molar-refractivity contribution in [3.63, 3.8) is 0 Å². The number of carbonyl (C=O) groups excluding carboxylic acids is 1. The molecular weight excluding hydrogens is 451 g/mol. The summed E-state index contributed by atoms with van der Waals surface area (Å²) in [6, 6.07) is 9.10. The predicted molar refractivity (Wildman–Crippen MR) is 108 cm³/mol. The number of carbonyl (C=O) groups is 1. The second-order valence-electron chi connectivity index (χ2n) is 7.92. The van der Waals surface area contributed by atoms with Gasteiger partial charge >= 0.3 is 6.36 Å². The van der Waals surface area contributed by atoms with Gasteiger partial charge in [0.05, 0.1) is 36.2 Å². The monoisotopic (exact) mass is 473 g/mol. The number of nitrogens with zero attached hydrogens (tertiary/aromatic N) is 2. The van der Waals surface area contributed by atoms with E-state index < -0.39 is 18.6 Å². The quantitative estimate of drug-likeness (QED) is 0.659. The molecule has 1 aromatic heterocycles. The lowest BCUT2D eigenvalue weighted by molar-refractivity contribution is -0.357. The van der Waals surface area contributed by atoms with Crippen LogP contribution in [0, 0.1) is 0 Å². The first-order chi connectivity index (χ1) is 15.2. The number of halogens is 4. The van der Waals surface area contributed by atoms with Crippen LogP contribution in [0.2, 0.25) is 5.02 Å². The molecular formula is C21H23ClF3N3O4. The maximum atomic E-state index is 12.1. The molecule has 1 N–H and O–H groups in total. The van der Waals surface area contributed by atoms with E-state index in [4.69, 9.17) is 21.1 Å². The minimum absolute atomic E-state index is 0.129. The molecule has 1 aliphatic heterocycles. The van der Waals surface area contributed by atoms with Crippen molar-refractivity contribution >= 4 is 17.5 Å². The molecule has 174 valence electrons. The van der Waals surface area contributed by atoms with E-state index in [0.29, 0.717) is 18.1 Å². The average molecular weight is 474 g/mol. The average Bonchev–Trinajstić information content (AvgIpc) is 3.20. The molecule has 2 heterocycles. The number of hydrogen-bond acceptors (Lipinski definition) is 5. The Morgan fingerprint density at radius 1 is 1.19 bits per heavy atom. The summed E-state index contributed by atoms with van der Waals surface area (Å²) in [6.45, 7) is 0.143. The van der Waals surface area contributed by atoms with Gasteiger partial charge < -0.3 is 14.8 Å². The lowest BCUT2D eigenvalue weighted by Crippen LogP contribution is -2.45. The largest absolute Gasteiger partial charge is 0.522 e. The van der Waals surface area contributed by atoms with Gasteiger partial charge in [-0.3, -0.25) is 9.53 Å². The van der Waals surface area contributed by atoms with Crippen LogP contribution in [0.4, 0.5) is 13.2 Å². The molecule has 4 rings (SSSR count). The van der Waals surface area contributed by atoms with Crippen LogP contribution in [-0.4, -0.2) is 53.5 Å². The summed E-state index contributed by atoms with van der Waals surface area (Å²) in [5.74, 6) is -0.316. The summed E-state index contributed by atoms with van der Waals surface area (Å²) >= 11 is 5.92. The highest BCUT2D eigenvalue weighted by atomic mass is 35.5. The van der Waals surface area contributed by atoms with Crippen LogP contribution >= 0.6 is 11.6 Å². The van der Waals surface area contributed by atoms with Crippen molar-refractivity contribution in [2.75, 3.05) is 13.2 Å². The zero-order chi connectivity index (χ0) is 22.7. The van der Waals surface area contributed by atoms with E-state index in [1.807, 2.05) is 24.4 Å². The van der Waals surface area contributed by atoms with Gasteiger partial charge in [-0.15, -0.1) is 13.2 Å². The van der Waals surface area contributed by atoms with Crippen LogP contribution in [0.5, 0.6) is 0 Å². The first-order valence-corrected chi connectivity index (χ1v) is 10.7. The predicted octanol–water partition coefficient (Wildman–Crippen LogP) is 3.95. The smallest absolute Gasteiger partial charge is 0.370 e. The fraction of sp³-hybridized carbons (Fsp3) is 0.524. The Kier molecular flexibility index (Phi) is 7.04. The lowest BCUT2D eigenvalue weighted by atomic mass is 9.92. The third-order valence-corrected chi connectivity index (χ3v) is 5.73. The van der Waals surface area contributed by atoms with Crippen molar-refractivity contribution in [2.45, 2.75) is 56.4 Å². The molecule has 0 unspecified atom stereocenters. The standard InChI is InChI=1S/C21H23ClF3N3O4/c22-13-1-4-15(5-2-13)28-8-7-18(27-28)19-6-3-14(11-31-19)26-20(29)12-30-16-9-17(10-16)32-21(23,24)25/h1-2,4-5,7-8,14,16-17,19H,3,6,9-12H2,(H,26,29)/t14-,16-,17+,19+/m0/s1. The maximum Gasteiger partial charge on any atom is 0.522 e. The SMILES string of the molecule is O=C(CO[C@H]1C[C@@H](OC(F)(F)F)C1)N[C@H]1CC[C@H](c2ccn(-c3ccc(Cl)cc3)n2)OC1. The van der Waals surface area contributed by atoms with E-state index in [2.05, 4.69) is 15.2 Å². The minimum Gasteiger partial charge on any atom is -0.370 e. The van der Waals surface area contributed by atoms with Gasteiger partial charge in [-0.1, -0.05) is 11.6 Å². The van der Waals surface area contributed by atoms with Crippen molar-refractivity contribution in [1.29, 1.82) is 0 Å². The number of hydrogen-bond donors (Lipinski definition) is 1. The van der Waals surface area contributed by atoms with E-state index in [9.17, 15) is 18.0 Å². The third-order valence-electron chi connectivity index (χ3n) is 5.47. The van der Waals surface area contributed by atoms with Crippen molar-refractivity contribution in [1.82, 2.24) is 15.1 Å². The highest BCUT2D eigenvalue weighted by molar-refractivity contribution is 6.30. The number of aromatic nitrogens is 2. The Morgan fingerprint density at radius 2 is 1.94 bits per heavy atom. The summed E-state index contributed by atoms with van der Waals surface area (Å²) in [5, 5.41) is 8.07. The topological polar surface area (TPSA) is 74.6 Å². The summed E-state index contributed by atoms with van der Waals surface area (Å²) in [7, 11) is 0. The molecule has 1 aliphatic carbocycles. The molecule has 1 saturated heterocycles. The van der Waals surface area contributed by atoms with Crippen LogP contribution in [0.15, 0.2) is 36.5 Å². The van der Waals surface area contributed by atoms with Gasteiger partial charge in [0.2, 0.25) is 5.91 Å². The van der Waals surface area contributed by atoms with Gasteiger partial charge in [0, 0.05) is 24.1 Å². The molecule has 2 aromatic rings. The van der Waals surface area contributed by atoms with Gasteiger partial charge in [0.15, 0.2) is 0 Å². The number of amides is 1. The summed E-state index contributed by atoms with van der Waals surface area (Å²) < 4.78 is 53.2. The van der Waals surface area contributed by atoms with Crippen molar-refractivity contribution in [3.05, 3.63) is 47.2 Å². The maximum absolute atomic E-state index is 12.1. The van der Waals surface area contributed by atoms with E-state index >= 15 is 0 Å². The summed E-state index contributed by atoms with van der Waals surface area (Å²) in [5.41, 5.74) is 1.71. The Morgan fingerprint density at radius 3 is 2.59 bits per heavy atom. The molecule has 7 nitrogen and oxygen atoms in total. The van der Waals surface area contributed by atoms with E-state index in [1.54, 1.807) is 16.8 Å². The molecule has 1 amide bonds. The molecule has 11 heteroatoms. The first kappa shape index (κ1) is 23.0. The second kappa shape index (κ2) is 9.78. The van der Waals surface area contributed by atoms with Gasteiger partial charge in [-0.25, -0.2) is 4.68 Å². The summed E-state index contributed by atoms with van der Waals surface area (Å²) in [4.78, 5) is 12.1. The number of alkyl halides is 3. The molecule has 0 spiro atoms. The molecule has 1 saturated carbocycles. The highest BCUT2D eigenvalue weighted by Crippen LogP contribution is 2.32. The van der Waals surface area contributed by atoms with Gasteiger partial charge in [0.1, 0.15) is 12.7 Å². The normalized spacial score (nSPS) is 25.9. The van der Waals surface area contributed by atoms with Gasteiger partial charge in [-0.2, -0.15) is 5.10 Å².